The second-order valence-electron chi connectivity index (χ2n) is 4.99. The van der Waals surface area contributed by atoms with Crippen LogP contribution in [0.15, 0.2) is 18.6 Å². The zero-order chi connectivity index (χ0) is 15.4. The van der Waals surface area contributed by atoms with Gasteiger partial charge in [-0.25, -0.2) is 9.78 Å². The standard InChI is InChI=1S/C14H17N5O2S/c1-19(6-2-10-8-15-4-5-16-10)14(20)18-13-17-11-3-7-21-9-12(11)22-13/h4-5,8H,2-3,6-7,9H2,1H3,(H,17,18,20). The number of hydrogen-bond acceptors (Lipinski definition) is 6. The Bertz CT molecular complexity index is 622. The first kappa shape index (κ1) is 14.9. The third kappa shape index (κ3) is 3.58. The molecule has 116 valence electrons. The summed E-state index contributed by atoms with van der Waals surface area (Å²) in [5.41, 5.74) is 1.90. The molecule has 0 aliphatic carbocycles. The fourth-order valence-electron chi connectivity index (χ4n) is 2.11. The molecule has 1 aliphatic heterocycles. The van der Waals surface area contributed by atoms with E-state index in [1.165, 1.54) is 11.3 Å². The molecular formula is C14H17N5O2S. The van der Waals surface area contributed by atoms with E-state index < -0.39 is 0 Å². The smallest absolute Gasteiger partial charge is 0.323 e. The Balaban J connectivity index is 1.53. The van der Waals surface area contributed by atoms with Gasteiger partial charge in [0.15, 0.2) is 5.13 Å². The summed E-state index contributed by atoms with van der Waals surface area (Å²) in [6.45, 7) is 1.85. The molecule has 2 aromatic heterocycles. The number of hydrogen-bond donors (Lipinski definition) is 1. The summed E-state index contributed by atoms with van der Waals surface area (Å²) in [4.78, 5) is 27.5. The molecule has 8 heteroatoms. The van der Waals surface area contributed by atoms with Gasteiger partial charge in [0.1, 0.15) is 0 Å². The van der Waals surface area contributed by atoms with Crippen LogP contribution in [0.4, 0.5) is 9.93 Å². The molecule has 0 unspecified atom stereocenters. The van der Waals surface area contributed by atoms with Crippen molar-refractivity contribution in [2.45, 2.75) is 19.4 Å². The molecule has 0 fully saturated rings. The minimum Gasteiger partial charge on any atom is -0.375 e. The van der Waals surface area contributed by atoms with Crippen LogP contribution < -0.4 is 5.32 Å². The predicted octanol–water partition coefficient (Wildman–Crippen LogP) is 1.71. The van der Waals surface area contributed by atoms with Crippen molar-refractivity contribution in [1.82, 2.24) is 19.9 Å². The second kappa shape index (κ2) is 6.80. The van der Waals surface area contributed by atoms with Crippen molar-refractivity contribution in [3.8, 4) is 0 Å². The molecule has 7 nitrogen and oxygen atoms in total. The molecule has 3 heterocycles. The number of carbonyl (C=O) groups is 1. The van der Waals surface area contributed by atoms with Crippen LogP contribution in [-0.4, -0.2) is 46.1 Å². The highest BCUT2D eigenvalue weighted by molar-refractivity contribution is 7.15. The molecule has 1 N–H and O–H groups in total. The Labute approximate surface area is 132 Å². The molecular weight excluding hydrogens is 302 g/mol. The minimum absolute atomic E-state index is 0.170. The zero-order valence-corrected chi connectivity index (χ0v) is 13.1. The lowest BCUT2D eigenvalue weighted by Gasteiger charge is -2.16. The van der Waals surface area contributed by atoms with Crippen LogP contribution in [0.1, 0.15) is 16.3 Å². The maximum absolute atomic E-state index is 12.2. The normalized spacial score (nSPS) is 13.5. The summed E-state index contributed by atoms with van der Waals surface area (Å²) in [6, 6.07) is -0.170. The lowest BCUT2D eigenvalue weighted by Crippen LogP contribution is -2.33. The van der Waals surface area contributed by atoms with Gasteiger partial charge >= 0.3 is 6.03 Å². The number of anilines is 1. The number of aromatic nitrogens is 3. The maximum atomic E-state index is 12.2. The highest BCUT2D eigenvalue weighted by Crippen LogP contribution is 2.27. The summed E-state index contributed by atoms with van der Waals surface area (Å²) in [5, 5.41) is 3.47. The van der Waals surface area contributed by atoms with E-state index >= 15 is 0 Å². The van der Waals surface area contributed by atoms with Crippen LogP contribution in [-0.2, 0) is 24.2 Å². The average molecular weight is 319 g/mol. The van der Waals surface area contributed by atoms with Gasteiger partial charge in [-0.15, -0.1) is 0 Å². The average Bonchev–Trinajstić information content (AvgIpc) is 2.95. The van der Waals surface area contributed by atoms with Crippen molar-refractivity contribution in [3.63, 3.8) is 0 Å². The molecule has 22 heavy (non-hydrogen) atoms. The first-order valence-electron chi connectivity index (χ1n) is 7.05. The number of nitrogens with one attached hydrogen (secondary N) is 1. The zero-order valence-electron chi connectivity index (χ0n) is 12.3. The van der Waals surface area contributed by atoms with Gasteiger partial charge in [-0.05, 0) is 0 Å². The number of thiazole rings is 1. The van der Waals surface area contributed by atoms with E-state index in [9.17, 15) is 4.79 Å². The number of fused-ring (bicyclic) bond motifs is 1. The Morgan fingerprint density at radius 2 is 2.41 bits per heavy atom. The van der Waals surface area contributed by atoms with E-state index in [2.05, 4.69) is 20.3 Å². The van der Waals surface area contributed by atoms with Crippen LogP contribution in [0.5, 0.6) is 0 Å². The van der Waals surface area contributed by atoms with Crippen molar-refractivity contribution >= 4 is 22.5 Å². The quantitative estimate of drug-likeness (QED) is 0.928. The number of urea groups is 1. The van der Waals surface area contributed by atoms with Gasteiger partial charge in [0, 0.05) is 45.0 Å². The molecule has 2 aromatic rings. The minimum atomic E-state index is -0.170. The fraction of sp³-hybridized carbons (Fsp3) is 0.429. The fourth-order valence-corrected chi connectivity index (χ4v) is 3.04. The summed E-state index contributed by atoms with van der Waals surface area (Å²) in [6.07, 6.45) is 6.47. The third-order valence-electron chi connectivity index (χ3n) is 3.38. The van der Waals surface area contributed by atoms with Crippen molar-refractivity contribution in [2.24, 2.45) is 0 Å². The lowest BCUT2D eigenvalue weighted by atomic mass is 10.2. The Morgan fingerprint density at radius 1 is 1.50 bits per heavy atom. The van der Waals surface area contributed by atoms with Crippen LogP contribution in [0.2, 0.25) is 0 Å². The van der Waals surface area contributed by atoms with Crippen molar-refractivity contribution < 1.29 is 9.53 Å². The molecule has 2 amide bonds. The van der Waals surface area contributed by atoms with Crippen LogP contribution in [0, 0.1) is 0 Å². The lowest BCUT2D eigenvalue weighted by molar-refractivity contribution is 0.112. The molecule has 0 saturated heterocycles. The number of carbonyl (C=O) groups excluding carboxylic acids is 1. The van der Waals surface area contributed by atoms with E-state index in [1.807, 2.05) is 0 Å². The number of rotatable bonds is 4. The Morgan fingerprint density at radius 3 is 3.18 bits per heavy atom. The van der Waals surface area contributed by atoms with E-state index in [0.29, 0.717) is 31.3 Å². The van der Waals surface area contributed by atoms with Crippen molar-refractivity contribution in [2.75, 3.05) is 25.5 Å². The number of ether oxygens (including phenoxy) is 1. The van der Waals surface area contributed by atoms with E-state index in [0.717, 1.165) is 22.7 Å². The van der Waals surface area contributed by atoms with Crippen molar-refractivity contribution in [3.05, 3.63) is 34.9 Å². The molecule has 1 aliphatic rings. The first-order valence-corrected chi connectivity index (χ1v) is 7.87. The molecule has 0 aromatic carbocycles. The van der Waals surface area contributed by atoms with E-state index in [1.54, 1.807) is 30.5 Å². The topological polar surface area (TPSA) is 80.2 Å². The van der Waals surface area contributed by atoms with Crippen molar-refractivity contribution in [1.29, 1.82) is 0 Å². The third-order valence-corrected chi connectivity index (χ3v) is 4.36. The summed E-state index contributed by atoms with van der Waals surface area (Å²) >= 11 is 1.48. The highest BCUT2D eigenvalue weighted by atomic mass is 32.1. The first-order chi connectivity index (χ1) is 10.7. The van der Waals surface area contributed by atoms with Gasteiger partial charge < -0.3 is 9.64 Å². The maximum Gasteiger partial charge on any atom is 0.323 e. The Kier molecular flexibility index (Phi) is 4.59. The van der Waals surface area contributed by atoms with Crippen LogP contribution in [0.25, 0.3) is 0 Å². The molecule has 0 atom stereocenters. The van der Waals surface area contributed by atoms with Gasteiger partial charge in [0.2, 0.25) is 0 Å². The predicted molar refractivity (Wildman–Crippen MR) is 82.9 cm³/mol. The highest BCUT2D eigenvalue weighted by Gasteiger charge is 2.17. The Hall–Kier alpha value is -2.06. The summed E-state index contributed by atoms with van der Waals surface area (Å²) in [5.74, 6) is 0. The summed E-state index contributed by atoms with van der Waals surface area (Å²) in [7, 11) is 1.75. The monoisotopic (exact) mass is 319 g/mol. The van der Waals surface area contributed by atoms with Gasteiger partial charge in [0.05, 0.1) is 29.5 Å². The molecule has 0 radical (unpaired) electrons. The largest absolute Gasteiger partial charge is 0.375 e. The second-order valence-corrected chi connectivity index (χ2v) is 6.07. The molecule has 3 rings (SSSR count). The van der Waals surface area contributed by atoms with Gasteiger partial charge in [-0.3, -0.25) is 15.3 Å². The number of likely N-dealkylation sites (N-methyl/N-ethyl adjacent to an activating group) is 1. The van der Waals surface area contributed by atoms with Crippen LogP contribution >= 0.6 is 11.3 Å². The number of amides is 2. The molecule has 0 spiro atoms. The SMILES string of the molecule is CN(CCc1cnccn1)C(=O)Nc1nc2c(s1)COCC2. The number of nitrogens with zero attached hydrogens (tertiary/aromatic N) is 4. The van der Waals surface area contributed by atoms with Crippen LogP contribution in [0.3, 0.4) is 0 Å². The van der Waals surface area contributed by atoms with E-state index in [-0.39, 0.29) is 6.03 Å². The molecule has 0 saturated carbocycles. The molecule has 0 bridgehead atoms. The summed E-state index contributed by atoms with van der Waals surface area (Å²) < 4.78 is 5.38. The van der Waals surface area contributed by atoms with Gasteiger partial charge in [0.25, 0.3) is 0 Å². The van der Waals surface area contributed by atoms with Gasteiger partial charge in [-0.2, -0.15) is 0 Å². The van der Waals surface area contributed by atoms with Gasteiger partial charge in [-0.1, -0.05) is 11.3 Å². The van der Waals surface area contributed by atoms with E-state index in [4.69, 9.17) is 4.74 Å².